The molecule has 112 valence electrons. The zero-order valence-electron chi connectivity index (χ0n) is 11.3. The van der Waals surface area contributed by atoms with E-state index in [1.165, 1.54) is 0 Å². The Bertz CT molecular complexity index is 686. The molecule has 5 N–H and O–H groups in total. The number of amides is 1. The number of nitrogen functional groups attached to an aromatic ring is 1. The van der Waals surface area contributed by atoms with Crippen LogP contribution in [0.5, 0.6) is 0 Å². The number of fused-ring (bicyclic) bond motifs is 1. The maximum Gasteiger partial charge on any atom is 0.404 e. The smallest absolute Gasteiger partial charge is 0.404 e. The maximum absolute atomic E-state index is 10.8. The van der Waals surface area contributed by atoms with Crippen LogP contribution in [-0.4, -0.2) is 40.3 Å². The molecule has 8 heteroatoms. The minimum absolute atomic E-state index is 0.115. The van der Waals surface area contributed by atoms with Crippen LogP contribution in [0.4, 0.5) is 16.2 Å². The van der Waals surface area contributed by atoms with Crippen molar-refractivity contribution in [2.75, 3.05) is 23.7 Å². The van der Waals surface area contributed by atoms with Crippen LogP contribution in [-0.2, 0) is 0 Å². The fraction of sp³-hybridized carbons (Fsp3) is 0.385. The molecule has 1 amide bonds. The number of aromatic amines is 1. The van der Waals surface area contributed by atoms with Gasteiger partial charge in [-0.15, -0.1) is 0 Å². The minimum atomic E-state index is -1.01. The number of carbonyl (C=O) groups is 1. The number of pyridine rings is 1. The van der Waals surface area contributed by atoms with Gasteiger partial charge in [-0.1, -0.05) is 11.6 Å². The van der Waals surface area contributed by atoms with Crippen molar-refractivity contribution in [3.8, 4) is 0 Å². The Hall–Kier alpha value is -2.15. The largest absolute Gasteiger partial charge is 0.465 e. The minimum Gasteiger partial charge on any atom is -0.465 e. The molecule has 21 heavy (non-hydrogen) atoms. The average molecular weight is 310 g/mol. The first-order valence-corrected chi connectivity index (χ1v) is 7.09. The molecular weight excluding hydrogens is 294 g/mol. The summed E-state index contributed by atoms with van der Waals surface area (Å²) in [6, 6.07) is -0.115. The van der Waals surface area contributed by atoms with Crippen LogP contribution in [0.15, 0.2) is 12.4 Å². The number of aromatic nitrogens is 2. The van der Waals surface area contributed by atoms with Crippen molar-refractivity contribution in [1.29, 1.82) is 0 Å². The van der Waals surface area contributed by atoms with Gasteiger partial charge in [-0.2, -0.15) is 0 Å². The van der Waals surface area contributed by atoms with Crippen molar-refractivity contribution in [1.82, 2.24) is 15.3 Å². The van der Waals surface area contributed by atoms with Crippen molar-refractivity contribution in [2.24, 2.45) is 0 Å². The summed E-state index contributed by atoms with van der Waals surface area (Å²) in [5.74, 6) is 0. The van der Waals surface area contributed by atoms with Gasteiger partial charge in [0.25, 0.3) is 0 Å². The SMILES string of the molecule is Nc1c[nH]c2ncc(Cl)c(N3CCC[C@@H](NC(=O)O)C3)c12. The maximum atomic E-state index is 10.8. The third-order valence-corrected chi connectivity index (χ3v) is 4.00. The summed E-state index contributed by atoms with van der Waals surface area (Å²) >= 11 is 6.31. The molecule has 3 rings (SSSR count). The van der Waals surface area contributed by atoms with Crippen LogP contribution in [0.2, 0.25) is 5.02 Å². The molecule has 1 fully saturated rings. The van der Waals surface area contributed by atoms with Gasteiger partial charge in [0, 0.05) is 25.3 Å². The van der Waals surface area contributed by atoms with Crippen LogP contribution in [0.3, 0.4) is 0 Å². The van der Waals surface area contributed by atoms with Gasteiger partial charge in [-0.05, 0) is 12.8 Å². The van der Waals surface area contributed by atoms with Gasteiger partial charge in [0.05, 0.1) is 28.0 Å². The Morgan fingerprint density at radius 2 is 2.43 bits per heavy atom. The second kappa shape index (κ2) is 5.33. The molecule has 2 aromatic heterocycles. The molecule has 0 bridgehead atoms. The zero-order valence-corrected chi connectivity index (χ0v) is 12.0. The first-order chi connectivity index (χ1) is 10.1. The number of halogens is 1. The van der Waals surface area contributed by atoms with Crippen molar-refractivity contribution in [3.63, 3.8) is 0 Å². The topological polar surface area (TPSA) is 107 Å². The molecule has 1 aliphatic rings. The van der Waals surface area contributed by atoms with Crippen LogP contribution in [0.1, 0.15) is 12.8 Å². The fourth-order valence-corrected chi connectivity index (χ4v) is 3.12. The van der Waals surface area contributed by atoms with Gasteiger partial charge >= 0.3 is 6.09 Å². The van der Waals surface area contributed by atoms with Crippen molar-refractivity contribution < 1.29 is 9.90 Å². The lowest BCUT2D eigenvalue weighted by Gasteiger charge is -2.35. The average Bonchev–Trinajstić information content (AvgIpc) is 2.80. The van der Waals surface area contributed by atoms with Gasteiger partial charge in [-0.25, -0.2) is 9.78 Å². The van der Waals surface area contributed by atoms with Gasteiger partial charge in [0.15, 0.2) is 0 Å². The zero-order chi connectivity index (χ0) is 15.0. The lowest BCUT2D eigenvalue weighted by molar-refractivity contribution is 0.188. The van der Waals surface area contributed by atoms with E-state index in [-0.39, 0.29) is 6.04 Å². The lowest BCUT2D eigenvalue weighted by Crippen LogP contribution is -2.47. The number of nitrogens with one attached hydrogen (secondary N) is 2. The van der Waals surface area contributed by atoms with Crippen molar-refractivity contribution in [3.05, 3.63) is 17.4 Å². The monoisotopic (exact) mass is 309 g/mol. The van der Waals surface area contributed by atoms with Gasteiger partial charge in [0.2, 0.25) is 0 Å². The number of anilines is 2. The molecule has 0 unspecified atom stereocenters. The number of carboxylic acid groups (broad SMARTS) is 1. The van der Waals surface area contributed by atoms with Crippen LogP contribution in [0, 0.1) is 0 Å². The number of nitrogens with zero attached hydrogens (tertiary/aromatic N) is 2. The number of H-pyrrole nitrogens is 1. The predicted octanol–water partition coefficient (Wildman–Crippen LogP) is 2.03. The quantitative estimate of drug-likeness (QED) is 0.679. The number of rotatable bonds is 2. The molecule has 0 aliphatic carbocycles. The number of hydrogen-bond donors (Lipinski definition) is 4. The number of piperidine rings is 1. The molecule has 0 saturated carbocycles. The summed E-state index contributed by atoms with van der Waals surface area (Å²) in [5.41, 5.74) is 8.09. The van der Waals surface area contributed by atoms with E-state index < -0.39 is 6.09 Å². The van der Waals surface area contributed by atoms with E-state index in [0.717, 1.165) is 30.5 Å². The van der Waals surface area contributed by atoms with E-state index in [4.69, 9.17) is 22.4 Å². The van der Waals surface area contributed by atoms with E-state index in [2.05, 4.69) is 20.2 Å². The molecule has 0 aromatic carbocycles. The van der Waals surface area contributed by atoms with Crippen LogP contribution < -0.4 is 16.0 Å². The Labute approximate surface area is 126 Å². The second-order valence-corrected chi connectivity index (χ2v) is 5.56. The van der Waals surface area contributed by atoms with Gasteiger partial charge in [-0.3, -0.25) is 0 Å². The van der Waals surface area contributed by atoms with Crippen molar-refractivity contribution >= 4 is 40.1 Å². The molecule has 1 atom stereocenters. The fourth-order valence-electron chi connectivity index (χ4n) is 2.86. The van der Waals surface area contributed by atoms with E-state index in [0.29, 0.717) is 22.9 Å². The summed E-state index contributed by atoms with van der Waals surface area (Å²) < 4.78 is 0. The summed E-state index contributed by atoms with van der Waals surface area (Å²) in [6.07, 6.45) is 3.97. The predicted molar refractivity (Wildman–Crippen MR) is 81.9 cm³/mol. The lowest BCUT2D eigenvalue weighted by atomic mass is 10.0. The molecule has 0 spiro atoms. The van der Waals surface area contributed by atoms with Gasteiger partial charge < -0.3 is 26.0 Å². The summed E-state index contributed by atoms with van der Waals surface area (Å²) in [4.78, 5) is 20.1. The Morgan fingerprint density at radius 3 is 3.19 bits per heavy atom. The third-order valence-electron chi connectivity index (χ3n) is 3.73. The van der Waals surface area contributed by atoms with Crippen molar-refractivity contribution in [2.45, 2.75) is 18.9 Å². The number of hydrogen-bond acceptors (Lipinski definition) is 4. The Kier molecular flexibility index (Phi) is 3.50. The Morgan fingerprint density at radius 1 is 1.62 bits per heavy atom. The summed E-state index contributed by atoms with van der Waals surface area (Å²) in [6.45, 7) is 1.37. The van der Waals surface area contributed by atoms with Gasteiger partial charge in [0.1, 0.15) is 5.65 Å². The number of nitrogens with two attached hydrogens (primary N) is 1. The standard InChI is InChI=1S/C13H16ClN5O2/c14-8-4-16-12-10(9(15)5-17-12)11(8)19-3-1-2-7(6-19)18-13(20)21/h4-5,7,18H,1-3,6,15H2,(H,16,17)(H,20,21)/t7-/m1/s1. The summed E-state index contributed by atoms with van der Waals surface area (Å²) in [7, 11) is 0. The third kappa shape index (κ3) is 2.56. The highest BCUT2D eigenvalue weighted by molar-refractivity contribution is 6.35. The molecule has 7 nitrogen and oxygen atoms in total. The normalized spacial score (nSPS) is 18.9. The highest BCUT2D eigenvalue weighted by Gasteiger charge is 2.25. The Balaban J connectivity index is 1.97. The van der Waals surface area contributed by atoms with E-state index in [1.807, 2.05) is 0 Å². The molecular formula is C13H16ClN5O2. The molecule has 0 radical (unpaired) electrons. The summed E-state index contributed by atoms with van der Waals surface area (Å²) in [5, 5.41) is 12.7. The highest BCUT2D eigenvalue weighted by atomic mass is 35.5. The molecule has 1 aliphatic heterocycles. The first kappa shape index (κ1) is 13.8. The van der Waals surface area contributed by atoms with Crippen LogP contribution >= 0.6 is 11.6 Å². The second-order valence-electron chi connectivity index (χ2n) is 5.16. The van der Waals surface area contributed by atoms with Crippen LogP contribution in [0.25, 0.3) is 11.0 Å². The highest BCUT2D eigenvalue weighted by Crippen LogP contribution is 2.37. The molecule has 1 saturated heterocycles. The van der Waals surface area contributed by atoms with E-state index in [1.54, 1.807) is 12.4 Å². The first-order valence-electron chi connectivity index (χ1n) is 6.71. The van der Waals surface area contributed by atoms with E-state index >= 15 is 0 Å². The molecule has 3 heterocycles. The van der Waals surface area contributed by atoms with E-state index in [9.17, 15) is 4.79 Å². The molecule has 2 aromatic rings.